The number of anilines is 2. The molecule has 0 fully saturated rings. The first-order chi connectivity index (χ1) is 27.7. The third-order valence-corrected chi connectivity index (χ3v) is 10.3. The Labute approximate surface area is 327 Å². The van der Waals surface area contributed by atoms with Gasteiger partial charge in [0.15, 0.2) is 0 Å². The second kappa shape index (κ2) is 15.1. The second-order valence-electron chi connectivity index (χ2n) is 13.7. The molecule has 4 nitrogen and oxygen atoms in total. The van der Waals surface area contributed by atoms with Gasteiger partial charge < -0.3 is 5.41 Å². The van der Waals surface area contributed by atoms with Gasteiger partial charge in [-0.05, 0) is 111 Å². The first kappa shape index (κ1) is 34.2. The van der Waals surface area contributed by atoms with Gasteiger partial charge in [-0.1, -0.05) is 140 Å². The van der Waals surface area contributed by atoms with E-state index in [1.54, 1.807) is 18.2 Å². The molecule has 0 spiro atoms. The van der Waals surface area contributed by atoms with E-state index in [-0.39, 0.29) is 0 Å². The summed E-state index contributed by atoms with van der Waals surface area (Å²) in [4.78, 5) is 4.23. The van der Waals surface area contributed by atoms with Gasteiger partial charge in [0.1, 0.15) is 0 Å². The monoisotopic (exact) mass is 718 g/mol. The van der Waals surface area contributed by atoms with Gasteiger partial charge in [0.05, 0.1) is 28.1 Å². The van der Waals surface area contributed by atoms with Gasteiger partial charge >= 0.3 is 0 Å². The van der Waals surface area contributed by atoms with Crippen molar-refractivity contribution in [3.63, 3.8) is 0 Å². The summed E-state index contributed by atoms with van der Waals surface area (Å²) in [5.74, 6) is 0. The number of benzene rings is 7. The van der Waals surface area contributed by atoms with Crippen LogP contribution in [0, 0.1) is 5.41 Å². The number of nitrogens with one attached hydrogen (secondary N) is 1. The lowest BCUT2D eigenvalue weighted by atomic mass is 9.95. The van der Waals surface area contributed by atoms with Crippen molar-refractivity contribution in [1.29, 1.82) is 5.41 Å². The van der Waals surface area contributed by atoms with Gasteiger partial charge in [-0.15, -0.1) is 0 Å². The molecule has 9 rings (SSSR count). The van der Waals surface area contributed by atoms with Crippen LogP contribution in [0.15, 0.2) is 219 Å². The average molecular weight is 719 g/mol. The standard InChI is InChI=1S/C52H38N4/c1-2-3-19-50(53)42-22-27-46(28-23-42)55(45-25-20-39(21-26-45)40-30-32-54-33-31-40)56-51-29-24-43(37-13-7-4-8-14-37)34-48(51)49-36-44(38-15-9-5-10-16-38)35-47(52(49)56)41-17-11-6-12-18-41/h2-36,53H,1H2/b19-3-,53-50?. The summed E-state index contributed by atoms with van der Waals surface area (Å²) in [6, 6.07) is 64.5. The minimum absolute atomic E-state index is 0.426. The molecule has 2 heterocycles. The summed E-state index contributed by atoms with van der Waals surface area (Å²) in [6.07, 6.45) is 8.92. The number of rotatable bonds is 10. The van der Waals surface area contributed by atoms with Crippen molar-refractivity contribution in [3.8, 4) is 44.5 Å². The Morgan fingerprint density at radius 2 is 1.04 bits per heavy atom. The maximum absolute atomic E-state index is 8.68. The van der Waals surface area contributed by atoms with Gasteiger partial charge in [-0.3, -0.25) is 4.98 Å². The van der Waals surface area contributed by atoms with Crippen molar-refractivity contribution >= 4 is 38.9 Å². The highest BCUT2D eigenvalue weighted by Gasteiger charge is 2.24. The molecule has 0 aliphatic carbocycles. The highest BCUT2D eigenvalue weighted by molar-refractivity contribution is 6.16. The van der Waals surface area contributed by atoms with E-state index in [2.05, 4.69) is 179 Å². The smallest absolute Gasteiger partial charge is 0.0795 e. The van der Waals surface area contributed by atoms with Crippen molar-refractivity contribution in [2.75, 3.05) is 5.01 Å². The first-order valence-electron chi connectivity index (χ1n) is 18.7. The van der Waals surface area contributed by atoms with Crippen LogP contribution in [0.2, 0.25) is 0 Å². The van der Waals surface area contributed by atoms with Gasteiger partial charge in [-0.2, -0.15) is 0 Å². The van der Waals surface area contributed by atoms with Crippen molar-refractivity contribution in [3.05, 3.63) is 225 Å². The molecule has 0 aliphatic heterocycles. The van der Waals surface area contributed by atoms with Crippen molar-refractivity contribution in [2.45, 2.75) is 0 Å². The van der Waals surface area contributed by atoms with Gasteiger partial charge in [0.2, 0.25) is 0 Å². The molecular formula is C52H38N4. The van der Waals surface area contributed by atoms with Crippen LogP contribution in [-0.2, 0) is 0 Å². The molecule has 9 aromatic rings. The Morgan fingerprint density at radius 1 is 0.518 bits per heavy atom. The number of hydrogen-bond donors (Lipinski definition) is 1. The number of allylic oxidation sites excluding steroid dienone is 3. The zero-order valence-electron chi connectivity index (χ0n) is 30.8. The molecule has 0 aliphatic rings. The first-order valence-corrected chi connectivity index (χ1v) is 18.7. The Balaban J connectivity index is 1.36. The van der Waals surface area contributed by atoms with Crippen molar-refractivity contribution in [1.82, 2.24) is 9.66 Å². The molecule has 4 heteroatoms. The van der Waals surface area contributed by atoms with Crippen LogP contribution in [0.3, 0.4) is 0 Å². The minimum atomic E-state index is 0.426. The number of fused-ring (bicyclic) bond motifs is 3. The summed E-state index contributed by atoms with van der Waals surface area (Å²) in [6.45, 7) is 3.78. The predicted molar refractivity (Wildman–Crippen MR) is 236 cm³/mol. The third-order valence-electron chi connectivity index (χ3n) is 10.3. The third kappa shape index (κ3) is 6.50. The molecule has 56 heavy (non-hydrogen) atoms. The molecule has 0 saturated carbocycles. The zero-order valence-corrected chi connectivity index (χ0v) is 30.8. The van der Waals surface area contributed by atoms with Crippen LogP contribution in [0.4, 0.5) is 11.4 Å². The molecule has 0 saturated heterocycles. The summed E-state index contributed by atoms with van der Waals surface area (Å²) in [5.41, 5.74) is 14.5. The molecular weight excluding hydrogens is 681 g/mol. The highest BCUT2D eigenvalue weighted by Crippen LogP contribution is 2.44. The lowest BCUT2D eigenvalue weighted by Crippen LogP contribution is -2.24. The molecule has 0 atom stereocenters. The average Bonchev–Trinajstić information content (AvgIpc) is 3.60. The predicted octanol–water partition coefficient (Wildman–Crippen LogP) is 13.6. The Hall–Kier alpha value is -7.56. The fourth-order valence-electron chi connectivity index (χ4n) is 7.54. The van der Waals surface area contributed by atoms with E-state index in [1.807, 2.05) is 36.7 Å². The number of pyridine rings is 1. The van der Waals surface area contributed by atoms with Crippen molar-refractivity contribution in [2.24, 2.45) is 0 Å². The van der Waals surface area contributed by atoms with E-state index in [0.29, 0.717) is 5.71 Å². The highest BCUT2D eigenvalue weighted by atomic mass is 15.6. The van der Waals surface area contributed by atoms with Crippen LogP contribution >= 0.6 is 0 Å². The number of nitrogens with zero attached hydrogens (tertiary/aromatic N) is 3. The van der Waals surface area contributed by atoms with Crippen LogP contribution in [0.1, 0.15) is 5.56 Å². The van der Waals surface area contributed by atoms with E-state index in [1.165, 1.54) is 11.1 Å². The van der Waals surface area contributed by atoms with Crippen molar-refractivity contribution < 1.29 is 0 Å². The summed E-state index contributed by atoms with van der Waals surface area (Å²) in [7, 11) is 0. The Bertz CT molecular complexity index is 2840. The molecule has 0 bridgehead atoms. The maximum Gasteiger partial charge on any atom is 0.0795 e. The molecule has 7 aromatic carbocycles. The van der Waals surface area contributed by atoms with E-state index >= 15 is 0 Å². The van der Waals surface area contributed by atoms with E-state index in [4.69, 9.17) is 5.41 Å². The lowest BCUT2D eigenvalue weighted by Gasteiger charge is -2.29. The van der Waals surface area contributed by atoms with Gasteiger partial charge in [-0.25, -0.2) is 9.69 Å². The number of hydrogen-bond acceptors (Lipinski definition) is 3. The Kier molecular flexibility index (Phi) is 9.20. The second-order valence-corrected chi connectivity index (χ2v) is 13.7. The molecule has 0 amide bonds. The summed E-state index contributed by atoms with van der Waals surface area (Å²) in [5, 5.41) is 13.3. The zero-order chi connectivity index (χ0) is 37.8. The van der Waals surface area contributed by atoms with Crippen LogP contribution in [-0.4, -0.2) is 15.4 Å². The molecule has 0 unspecified atom stereocenters. The van der Waals surface area contributed by atoms with Gasteiger partial charge in [0.25, 0.3) is 0 Å². The molecule has 266 valence electrons. The number of aromatic nitrogens is 2. The molecule has 2 aromatic heterocycles. The van der Waals surface area contributed by atoms with E-state index < -0.39 is 0 Å². The van der Waals surface area contributed by atoms with Gasteiger partial charge in [0, 0.05) is 28.7 Å². The summed E-state index contributed by atoms with van der Waals surface area (Å²) < 4.78 is 2.38. The normalized spacial score (nSPS) is 11.3. The topological polar surface area (TPSA) is 44.9 Å². The summed E-state index contributed by atoms with van der Waals surface area (Å²) >= 11 is 0. The maximum atomic E-state index is 8.68. The minimum Gasteiger partial charge on any atom is -0.300 e. The lowest BCUT2D eigenvalue weighted by molar-refractivity contribution is 0.887. The van der Waals surface area contributed by atoms with Crippen LogP contribution in [0.5, 0.6) is 0 Å². The van der Waals surface area contributed by atoms with Crippen LogP contribution in [0.25, 0.3) is 66.3 Å². The van der Waals surface area contributed by atoms with E-state index in [9.17, 15) is 0 Å². The fraction of sp³-hybridized carbons (Fsp3) is 0. The SMILES string of the molecule is C=C/C=C\C(=N)c1ccc(N(c2ccc(-c3ccncc3)cc2)n2c3ccc(-c4ccccc4)cc3c3cc(-c4ccccc4)cc(-c4ccccc4)c32)cc1. The van der Waals surface area contributed by atoms with Crippen LogP contribution < -0.4 is 5.01 Å². The Morgan fingerprint density at radius 3 is 1.66 bits per heavy atom. The quantitative estimate of drug-likeness (QED) is 0.113. The van der Waals surface area contributed by atoms with E-state index in [0.717, 1.165) is 72.1 Å². The fourth-order valence-corrected chi connectivity index (χ4v) is 7.54. The largest absolute Gasteiger partial charge is 0.300 e. The molecule has 0 radical (unpaired) electrons. The molecule has 1 N–H and O–H groups in total.